The first-order chi connectivity index (χ1) is 8.61. The number of hydrogen-bond acceptors (Lipinski definition) is 3. The molecule has 2 rings (SSSR count). The molecule has 1 aliphatic heterocycles. The monoisotopic (exact) mass is 312 g/mol. The molecule has 0 saturated carbocycles. The minimum absolute atomic E-state index is 0.0245. The predicted molar refractivity (Wildman–Crippen MR) is 69.0 cm³/mol. The van der Waals surface area contributed by atoms with Crippen LogP contribution in [0.5, 0.6) is 0 Å². The van der Waals surface area contributed by atoms with Gasteiger partial charge in [0, 0.05) is 11.0 Å². The van der Waals surface area contributed by atoms with Gasteiger partial charge in [0.15, 0.2) is 0 Å². The molecule has 1 N–H and O–H groups in total. The van der Waals surface area contributed by atoms with E-state index < -0.39 is 5.97 Å². The van der Waals surface area contributed by atoms with Gasteiger partial charge < -0.3 is 15.0 Å². The number of nitrogens with one attached hydrogen (secondary N) is 1. The van der Waals surface area contributed by atoms with E-state index in [1.54, 1.807) is 0 Å². The van der Waals surface area contributed by atoms with Gasteiger partial charge in [-0.15, -0.1) is 0 Å². The van der Waals surface area contributed by atoms with Crippen LogP contribution in [0.25, 0.3) is 0 Å². The van der Waals surface area contributed by atoms with Gasteiger partial charge in [-0.25, -0.2) is 4.79 Å². The number of hydrogen-bond donors (Lipinski definition) is 1. The van der Waals surface area contributed by atoms with Crippen molar-refractivity contribution in [1.29, 1.82) is 0 Å². The van der Waals surface area contributed by atoms with Crippen LogP contribution < -0.4 is 5.32 Å². The number of carbonyl (C=O) groups excluding carboxylic acids is 2. The highest BCUT2D eigenvalue weighted by molar-refractivity contribution is 9.10. The van der Waals surface area contributed by atoms with Crippen LogP contribution in [-0.4, -0.2) is 37.1 Å². The van der Waals surface area contributed by atoms with Crippen LogP contribution in [0, 0.1) is 0 Å². The molecule has 0 aromatic heterocycles. The zero-order chi connectivity index (χ0) is 13.1. The van der Waals surface area contributed by atoms with Gasteiger partial charge in [-0.05, 0) is 11.6 Å². The number of carbonyl (C=O) groups is 2. The number of methoxy groups -OCH3 is 1. The normalized spacial score (nSPS) is 18.7. The van der Waals surface area contributed by atoms with Crippen molar-refractivity contribution < 1.29 is 14.3 Å². The number of amides is 2. The van der Waals surface area contributed by atoms with Crippen molar-refractivity contribution in [1.82, 2.24) is 10.2 Å². The molecule has 1 aliphatic rings. The summed E-state index contributed by atoms with van der Waals surface area (Å²) in [7, 11) is 1.31. The molecule has 0 spiro atoms. The van der Waals surface area contributed by atoms with Crippen molar-refractivity contribution in [2.24, 2.45) is 0 Å². The highest BCUT2D eigenvalue weighted by Crippen LogP contribution is 2.26. The molecule has 1 aromatic carbocycles. The lowest BCUT2D eigenvalue weighted by Crippen LogP contribution is -2.33. The fourth-order valence-electron chi connectivity index (χ4n) is 1.88. The van der Waals surface area contributed by atoms with E-state index in [0.717, 1.165) is 10.0 Å². The second kappa shape index (κ2) is 5.39. The fourth-order valence-corrected chi connectivity index (χ4v) is 2.44. The Morgan fingerprint density at radius 2 is 2.28 bits per heavy atom. The summed E-state index contributed by atoms with van der Waals surface area (Å²) in [5.74, 6) is -0.419. The van der Waals surface area contributed by atoms with E-state index >= 15 is 0 Å². The number of nitrogens with zero attached hydrogens (tertiary/aromatic N) is 1. The molecule has 1 fully saturated rings. The van der Waals surface area contributed by atoms with Crippen LogP contribution in [0.4, 0.5) is 4.79 Å². The fraction of sp³-hybridized carbons (Fsp3) is 0.333. The first-order valence-electron chi connectivity index (χ1n) is 5.48. The SMILES string of the molecule is COC(=O)CN1CC(c2ccccc2Br)NC1=O. The van der Waals surface area contributed by atoms with Gasteiger partial charge in [0.25, 0.3) is 0 Å². The van der Waals surface area contributed by atoms with Crippen LogP contribution in [0.1, 0.15) is 11.6 Å². The lowest BCUT2D eigenvalue weighted by atomic mass is 10.1. The van der Waals surface area contributed by atoms with E-state index in [9.17, 15) is 9.59 Å². The molecule has 96 valence electrons. The van der Waals surface area contributed by atoms with Crippen molar-refractivity contribution in [2.75, 3.05) is 20.2 Å². The molecule has 2 amide bonds. The highest BCUT2D eigenvalue weighted by atomic mass is 79.9. The Morgan fingerprint density at radius 1 is 1.56 bits per heavy atom. The topological polar surface area (TPSA) is 58.6 Å². The predicted octanol–water partition coefficient (Wildman–Crippen LogP) is 1.69. The molecule has 1 heterocycles. The summed E-state index contributed by atoms with van der Waals surface area (Å²) in [6.45, 7) is 0.430. The molecule has 18 heavy (non-hydrogen) atoms. The minimum Gasteiger partial charge on any atom is -0.468 e. The van der Waals surface area contributed by atoms with Crippen molar-refractivity contribution in [3.05, 3.63) is 34.3 Å². The molecule has 0 radical (unpaired) electrons. The smallest absolute Gasteiger partial charge is 0.325 e. The third-order valence-corrected chi connectivity index (χ3v) is 3.54. The van der Waals surface area contributed by atoms with Gasteiger partial charge in [-0.1, -0.05) is 34.1 Å². The van der Waals surface area contributed by atoms with Crippen molar-refractivity contribution in [2.45, 2.75) is 6.04 Å². The Labute approximate surface area is 113 Å². The molecule has 1 unspecified atom stereocenters. The summed E-state index contributed by atoms with van der Waals surface area (Å²) in [6, 6.07) is 7.33. The standard InChI is InChI=1S/C12H13BrN2O3/c1-18-11(16)7-15-6-10(14-12(15)17)8-4-2-3-5-9(8)13/h2-5,10H,6-7H2,1H3,(H,14,17). The molecule has 0 bridgehead atoms. The summed E-state index contributed by atoms with van der Waals surface area (Å²) in [5.41, 5.74) is 0.998. The van der Waals surface area contributed by atoms with Crippen LogP contribution in [0.2, 0.25) is 0 Å². The maximum Gasteiger partial charge on any atom is 0.325 e. The van der Waals surface area contributed by atoms with E-state index in [1.807, 2.05) is 24.3 Å². The zero-order valence-corrected chi connectivity index (χ0v) is 11.4. The molecule has 1 aromatic rings. The Hall–Kier alpha value is -1.56. The lowest BCUT2D eigenvalue weighted by molar-refractivity contribution is -0.141. The quantitative estimate of drug-likeness (QED) is 0.864. The molecular weight excluding hydrogens is 300 g/mol. The Kier molecular flexibility index (Phi) is 3.86. The van der Waals surface area contributed by atoms with E-state index in [0.29, 0.717) is 6.54 Å². The summed E-state index contributed by atoms with van der Waals surface area (Å²) >= 11 is 3.45. The molecule has 6 heteroatoms. The second-order valence-electron chi connectivity index (χ2n) is 3.98. The number of esters is 1. The summed E-state index contributed by atoms with van der Waals surface area (Å²) in [5, 5.41) is 2.84. The third kappa shape index (κ3) is 2.64. The van der Waals surface area contributed by atoms with E-state index in [-0.39, 0.29) is 18.6 Å². The highest BCUT2D eigenvalue weighted by Gasteiger charge is 2.31. The summed E-state index contributed by atoms with van der Waals surface area (Å²) < 4.78 is 5.50. The molecule has 1 saturated heterocycles. The molecule has 1 atom stereocenters. The summed E-state index contributed by atoms with van der Waals surface area (Å²) in [6.07, 6.45) is 0. The number of benzene rings is 1. The van der Waals surface area contributed by atoms with Crippen molar-refractivity contribution >= 4 is 27.9 Å². The molecule has 0 aliphatic carbocycles. The number of rotatable bonds is 3. The first kappa shape index (κ1) is 12.9. The van der Waals surface area contributed by atoms with Gasteiger partial charge in [-0.3, -0.25) is 4.79 Å². The van der Waals surface area contributed by atoms with Crippen LogP contribution in [0.3, 0.4) is 0 Å². The van der Waals surface area contributed by atoms with Gasteiger partial charge in [0.05, 0.1) is 13.2 Å². The van der Waals surface area contributed by atoms with Gasteiger partial charge in [-0.2, -0.15) is 0 Å². The van der Waals surface area contributed by atoms with Crippen LogP contribution in [-0.2, 0) is 9.53 Å². The van der Waals surface area contributed by atoms with Gasteiger partial charge >= 0.3 is 12.0 Å². The number of halogens is 1. The average molecular weight is 313 g/mol. The second-order valence-corrected chi connectivity index (χ2v) is 4.83. The van der Waals surface area contributed by atoms with Crippen LogP contribution >= 0.6 is 15.9 Å². The van der Waals surface area contributed by atoms with Gasteiger partial charge in [0.2, 0.25) is 0 Å². The Bertz CT molecular complexity index is 478. The van der Waals surface area contributed by atoms with E-state index in [2.05, 4.69) is 26.0 Å². The maximum absolute atomic E-state index is 11.7. The Morgan fingerprint density at radius 3 is 2.94 bits per heavy atom. The van der Waals surface area contributed by atoms with E-state index in [1.165, 1.54) is 12.0 Å². The lowest BCUT2D eigenvalue weighted by Gasteiger charge is -2.13. The van der Waals surface area contributed by atoms with Crippen LogP contribution in [0.15, 0.2) is 28.7 Å². The van der Waals surface area contributed by atoms with Crippen molar-refractivity contribution in [3.63, 3.8) is 0 Å². The molecule has 5 nitrogen and oxygen atoms in total. The maximum atomic E-state index is 11.7. The first-order valence-corrected chi connectivity index (χ1v) is 6.28. The number of ether oxygens (including phenoxy) is 1. The molecular formula is C12H13BrN2O3. The minimum atomic E-state index is -0.419. The number of urea groups is 1. The van der Waals surface area contributed by atoms with Crippen molar-refractivity contribution in [3.8, 4) is 0 Å². The van der Waals surface area contributed by atoms with Gasteiger partial charge in [0.1, 0.15) is 6.54 Å². The summed E-state index contributed by atoms with van der Waals surface area (Å²) in [4.78, 5) is 24.3. The Balaban J connectivity index is 2.09. The zero-order valence-electron chi connectivity index (χ0n) is 9.85. The third-order valence-electron chi connectivity index (χ3n) is 2.82. The average Bonchev–Trinajstić information content (AvgIpc) is 2.71. The van der Waals surface area contributed by atoms with E-state index in [4.69, 9.17) is 0 Å². The largest absolute Gasteiger partial charge is 0.468 e.